The summed E-state index contributed by atoms with van der Waals surface area (Å²) < 4.78 is 21.2. The van der Waals surface area contributed by atoms with Gasteiger partial charge in [0.1, 0.15) is 5.75 Å². The molecule has 1 saturated heterocycles. The normalized spacial score (nSPS) is 15.7. The third-order valence-electron chi connectivity index (χ3n) is 4.32. The van der Waals surface area contributed by atoms with Gasteiger partial charge in [0.2, 0.25) is 5.91 Å². The number of halogens is 1. The van der Waals surface area contributed by atoms with Gasteiger partial charge >= 0.3 is 0 Å². The predicted octanol–water partition coefficient (Wildman–Crippen LogP) is 1.50. The molecule has 1 aliphatic rings. The van der Waals surface area contributed by atoms with E-state index in [0.717, 1.165) is 18.4 Å². The summed E-state index contributed by atoms with van der Waals surface area (Å²) in [6.07, 6.45) is 1.63. The Morgan fingerprint density at radius 1 is 1.16 bits per heavy atom. The molecule has 0 aromatic heterocycles. The van der Waals surface area contributed by atoms with Gasteiger partial charge in [0.15, 0.2) is 11.5 Å². The highest BCUT2D eigenvalue weighted by molar-refractivity contribution is 5.85. The molecule has 8 heteroatoms. The van der Waals surface area contributed by atoms with Crippen molar-refractivity contribution < 1.29 is 23.7 Å². The molecule has 0 saturated carbocycles. The number of carbonyl (C=O) groups excluding carboxylic acids is 1. The molecule has 1 heterocycles. The van der Waals surface area contributed by atoms with Crippen LogP contribution in [0, 0.1) is 5.92 Å². The first-order valence-corrected chi connectivity index (χ1v) is 8.00. The summed E-state index contributed by atoms with van der Waals surface area (Å²) in [5.41, 5.74) is 6.88. The molecular formula is C17H27ClN2O5. The number of benzene rings is 1. The molecule has 7 nitrogen and oxygen atoms in total. The SMILES string of the molecule is COc1cc(OC)c(OC)cc1CNC(=O)C(N)C1CCOCC1.Cl. The molecule has 2 rings (SSSR count). The minimum absolute atomic E-state index is 0. The van der Waals surface area contributed by atoms with Gasteiger partial charge in [-0.25, -0.2) is 0 Å². The lowest BCUT2D eigenvalue weighted by molar-refractivity contribution is -0.124. The first-order valence-electron chi connectivity index (χ1n) is 8.00. The van der Waals surface area contributed by atoms with Crippen LogP contribution in [-0.2, 0) is 16.1 Å². The number of nitrogens with two attached hydrogens (primary N) is 1. The van der Waals surface area contributed by atoms with Gasteiger partial charge in [0, 0.05) is 31.4 Å². The van der Waals surface area contributed by atoms with Crippen LogP contribution in [0.5, 0.6) is 17.2 Å². The van der Waals surface area contributed by atoms with Crippen molar-refractivity contribution in [1.82, 2.24) is 5.32 Å². The number of ether oxygens (including phenoxy) is 4. The third kappa shape index (κ3) is 5.39. The highest BCUT2D eigenvalue weighted by atomic mass is 35.5. The first kappa shape index (κ1) is 21.3. The zero-order chi connectivity index (χ0) is 17.5. The molecule has 3 N–H and O–H groups in total. The van der Waals surface area contributed by atoms with Crippen LogP contribution in [0.3, 0.4) is 0 Å². The maximum atomic E-state index is 12.3. The number of carbonyl (C=O) groups is 1. The van der Waals surface area contributed by atoms with Crippen molar-refractivity contribution in [1.29, 1.82) is 0 Å². The molecule has 1 amide bonds. The Morgan fingerprint density at radius 2 is 1.72 bits per heavy atom. The third-order valence-corrected chi connectivity index (χ3v) is 4.32. The van der Waals surface area contributed by atoms with Gasteiger partial charge in [-0.15, -0.1) is 12.4 Å². The first-order chi connectivity index (χ1) is 11.6. The Labute approximate surface area is 154 Å². The number of hydrogen-bond acceptors (Lipinski definition) is 6. The molecule has 142 valence electrons. The highest BCUT2D eigenvalue weighted by Crippen LogP contribution is 2.34. The van der Waals surface area contributed by atoms with E-state index in [1.165, 1.54) is 0 Å². The van der Waals surface area contributed by atoms with Gasteiger partial charge in [-0.2, -0.15) is 0 Å². The van der Waals surface area contributed by atoms with Crippen molar-refractivity contribution in [3.63, 3.8) is 0 Å². The topological polar surface area (TPSA) is 92.0 Å². The lowest BCUT2D eigenvalue weighted by Gasteiger charge is -2.26. The highest BCUT2D eigenvalue weighted by Gasteiger charge is 2.26. The maximum absolute atomic E-state index is 12.3. The second-order valence-corrected chi connectivity index (χ2v) is 5.71. The average molecular weight is 375 g/mol. The largest absolute Gasteiger partial charge is 0.496 e. The van der Waals surface area contributed by atoms with Gasteiger partial charge in [0.05, 0.1) is 27.4 Å². The molecule has 1 aromatic rings. The van der Waals surface area contributed by atoms with E-state index in [1.807, 2.05) is 0 Å². The van der Waals surface area contributed by atoms with E-state index in [1.54, 1.807) is 33.5 Å². The van der Waals surface area contributed by atoms with Crippen LogP contribution >= 0.6 is 12.4 Å². The molecule has 1 atom stereocenters. The second kappa shape index (κ2) is 10.3. The van der Waals surface area contributed by atoms with Gasteiger partial charge in [0.25, 0.3) is 0 Å². The van der Waals surface area contributed by atoms with Crippen molar-refractivity contribution in [3.8, 4) is 17.2 Å². The summed E-state index contributed by atoms with van der Waals surface area (Å²) >= 11 is 0. The number of rotatable bonds is 7. The Kier molecular flexibility index (Phi) is 8.82. The predicted molar refractivity (Wildman–Crippen MR) is 96.7 cm³/mol. The summed E-state index contributed by atoms with van der Waals surface area (Å²) in [6, 6.07) is 3.00. The Hall–Kier alpha value is -1.70. The minimum atomic E-state index is -0.528. The number of nitrogens with one attached hydrogen (secondary N) is 1. The van der Waals surface area contributed by atoms with Crippen LogP contribution in [0.25, 0.3) is 0 Å². The van der Waals surface area contributed by atoms with E-state index in [4.69, 9.17) is 24.7 Å². The molecule has 1 unspecified atom stereocenters. The van der Waals surface area contributed by atoms with Crippen LogP contribution in [0.2, 0.25) is 0 Å². The molecular weight excluding hydrogens is 348 g/mol. The fraction of sp³-hybridized carbons (Fsp3) is 0.588. The van der Waals surface area contributed by atoms with Crippen molar-refractivity contribution >= 4 is 18.3 Å². The Balaban J connectivity index is 0.00000312. The zero-order valence-corrected chi connectivity index (χ0v) is 15.7. The lowest BCUT2D eigenvalue weighted by Crippen LogP contribution is -2.46. The summed E-state index contributed by atoms with van der Waals surface area (Å²) in [5, 5.41) is 2.88. The number of amides is 1. The number of hydrogen-bond donors (Lipinski definition) is 2. The number of methoxy groups -OCH3 is 3. The van der Waals surface area contributed by atoms with Crippen molar-refractivity contribution in [2.75, 3.05) is 34.5 Å². The van der Waals surface area contributed by atoms with Crippen molar-refractivity contribution in [3.05, 3.63) is 17.7 Å². The Morgan fingerprint density at radius 3 is 2.28 bits per heavy atom. The van der Waals surface area contributed by atoms with Crippen molar-refractivity contribution in [2.45, 2.75) is 25.4 Å². The monoisotopic (exact) mass is 374 g/mol. The van der Waals surface area contributed by atoms with Gasteiger partial charge in [-0.05, 0) is 24.8 Å². The maximum Gasteiger partial charge on any atom is 0.237 e. The molecule has 0 spiro atoms. The quantitative estimate of drug-likeness (QED) is 0.751. The van der Waals surface area contributed by atoms with E-state index in [-0.39, 0.29) is 24.2 Å². The molecule has 1 aromatic carbocycles. The fourth-order valence-corrected chi connectivity index (χ4v) is 2.82. The van der Waals surface area contributed by atoms with E-state index in [9.17, 15) is 4.79 Å². The summed E-state index contributed by atoms with van der Waals surface area (Å²) in [4.78, 5) is 12.3. The standard InChI is InChI=1S/C17H26N2O5.ClH/c1-21-13-9-15(23-3)14(22-2)8-12(13)10-19-17(20)16(18)11-4-6-24-7-5-11;/h8-9,11,16H,4-7,10,18H2,1-3H3,(H,19,20);1H. The molecule has 0 radical (unpaired) electrons. The second-order valence-electron chi connectivity index (χ2n) is 5.71. The van der Waals surface area contributed by atoms with E-state index in [2.05, 4.69) is 5.32 Å². The van der Waals surface area contributed by atoms with E-state index < -0.39 is 6.04 Å². The zero-order valence-electron chi connectivity index (χ0n) is 14.9. The fourth-order valence-electron chi connectivity index (χ4n) is 2.82. The van der Waals surface area contributed by atoms with Gasteiger partial charge in [-0.1, -0.05) is 0 Å². The summed E-state index contributed by atoms with van der Waals surface area (Å²) in [5.74, 6) is 1.76. The van der Waals surface area contributed by atoms with Crippen LogP contribution in [0.15, 0.2) is 12.1 Å². The van der Waals surface area contributed by atoms with Crippen LogP contribution < -0.4 is 25.3 Å². The molecule has 0 aliphatic carbocycles. The molecule has 0 bridgehead atoms. The van der Waals surface area contributed by atoms with Crippen LogP contribution in [-0.4, -0.2) is 46.5 Å². The molecule has 25 heavy (non-hydrogen) atoms. The minimum Gasteiger partial charge on any atom is -0.496 e. The average Bonchev–Trinajstić information content (AvgIpc) is 2.65. The van der Waals surface area contributed by atoms with Gasteiger partial charge < -0.3 is 30.0 Å². The molecule has 1 fully saturated rings. The smallest absolute Gasteiger partial charge is 0.237 e. The van der Waals surface area contributed by atoms with Crippen LogP contribution in [0.1, 0.15) is 18.4 Å². The lowest BCUT2D eigenvalue weighted by atomic mass is 9.92. The Bertz CT molecular complexity index is 564. The van der Waals surface area contributed by atoms with Crippen molar-refractivity contribution in [2.24, 2.45) is 11.7 Å². The summed E-state index contributed by atoms with van der Waals surface area (Å²) in [6.45, 7) is 1.63. The molecule has 1 aliphatic heterocycles. The van der Waals surface area contributed by atoms with Crippen LogP contribution in [0.4, 0.5) is 0 Å². The van der Waals surface area contributed by atoms with E-state index >= 15 is 0 Å². The summed E-state index contributed by atoms with van der Waals surface area (Å²) in [7, 11) is 4.69. The van der Waals surface area contributed by atoms with Gasteiger partial charge in [-0.3, -0.25) is 4.79 Å². The van der Waals surface area contributed by atoms with E-state index in [0.29, 0.717) is 37.0 Å².